The van der Waals surface area contributed by atoms with Gasteiger partial charge in [-0.15, -0.1) is 0 Å². The first-order chi connectivity index (χ1) is 11.8. The number of aliphatic hydroxyl groups excluding tert-OH is 1. The van der Waals surface area contributed by atoms with Gasteiger partial charge in [0, 0.05) is 25.2 Å². The van der Waals surface area contributed by atoms with E-state index < -0.39 is 0 Å². The summed E-state index contributed by atoms with van der Waals surface area (Å²) >= 11 is 0. The van der Waals surface area contributed by atoms with Gasteiger partial charge in [0.25, 0.3) is 0 Å². The number of carbonyl (C=O) groups is 1. The maximum atomic E-state index is 12.5. The number of aliphatic hydroxyl groups is 1. The highest BCUT2D eigenvalue weighted by molar-refractivity contribution is 5.75. The van der Waals surface area contributed by atoms with Gasteiger partial charge in [-0.1, -0.05) is 30.3 Å². The third kappa shape index (κ3) is 2.91. The van der Waals surface area contributed by atoms with Crippen molar-refractivity contribution in [1.29, 1.82) is 0 Å². The minimum atomic E-state index is -0.123. The zero-order valence-corrected chi connectivity index (χ0v) is 13.9. The molecule has 1 aromatic carbocycles. The van der Waals surface area contributed by atoms with Gasteiger partial charge >= 0.3 is 6.03 Å². The molecule has 0 spiro atoms. The molecule has 1 heterocycles. The summed E-state index contributed by atoms with van der Waals surface area (Å²) < 4.78 is 5.83. The van der Waals surface area contributed by atoms with Crippen LogP contribution >= 0.6 is 0 Å². The minimum Gasteiger partial charge on any atom is -0.396 e. The molecule has 2 aliphatic carbocycles. The van der Waals surface area contributed by atoms with Crippen molar-refractivity contribution in [2.45, 2.75) is 43.9 Å². The number of fused-ring (bicyclic) bond motifs is 2. The quantitative estimate of drug-likeness (QED) is 0.793. The lowest BCUT2D eigenvalue weighted by atomic mass is 9.85. The number of hydrogen-bond donors (Lipinski definition) is 3. The fourth-order valence-corrected chi connectivity index (χ4v) is 4.97. The topological polar surface area (TPSA) is 70.6 Å². The molecule has 0 radical (unpaired) electrons. The van der Waals surface area contributed by atoms with E-state index in [0.717, 1.165) is 18.4 Å². The first kappa shape index (κ1) is 15.9. The van der Waals surface area contributed by atoms with Crippen LogP contribution in [0.3, 0.4) is 0 Å². The van der Waals surface area contributed by atoms with Gasteiger partial charge in [-0.3, -0.25) is 0 Å². The number of ether oxygens (including phenoxy) is 1. The van der Waals surface area contributed by atoms with Gasteiger partial charge in [0.05, 0.1) is 6.04 Å². The lowest BCUT2D eigenvalue weighted by Crippen LogP contribution is -2.51. The molecule has 24 heavy (non-hydrogen) atoms. The average molecular weight is 330 g/mol. The molecule has 1 aromatic rings. The third-order valence-electron chi connectivity index (χ3n) is 6.13. The lowest BCUT2D eigenvalue weighted by molar-refractivity contribution is 0.0990. The van der Waals surface area contributed by atoms with Crippen LogP contribution in [0.4, 0.5) is 4.79 Å². The van der Waals surface area contributed by atoms with Crippen LogP contribution in [0.1, 0.15) is 37.4 Å². The van der Waals surface area contributed by atoms with E-state index >= 15 is 0 Å². The average Bonchev–Trinajstić information content (AvgIpc) is 3.31. The molecule has 1 aliphatic heterocycles. The molecular formula is C19H26N2O3. The van der Waals surface area contributed by atoms with Crippen LogP contribution in [0, 0.1) is 17.8 Å². The van der Waals surface area contributed by atoms with Crippen molar-refractivity contribution in [2.24, 2.45) is 17.8 Å². The molecule has 5 nitrogen and oxygen atoms in total. The Morgan fingerprint density at radius 2 is 1.92 bits per heavy atom. The number of rotatable bonds is 4. The normalized spacial score (nSPS) is 37.5. The number of amides is 2. The van der Waals surface area contributed by atoms with E-state index in [4.69, 9.17) is 4.74 Å². The van der Waals surface area contributed by atoms with E-state index in [1.54, 1.807) is 0 Å². The SMILES string of the molecule is O=C(NC1CCOC1c1ccccc1)NC1C2CCC(C2)C1CO. The second kappa shape index (κ2) is 6.73. The van der Waals surface area contributed by atoms with E-state index in [-0.39, 0.29) is 36.7 Å². The first-order valence-corrected chi connectivity index (χ1v) is 9.10. The summed E-state index contributed by atoms with van der Waals surface area (Å²) in [4.78, 5) is 12.5. The van der Waals surface area contributed by atoms with Gasteiger partial charge in [-0.2, -0.15) is 0 Å². The highest BCUT2D eigenvalue weighted by Gasteiger charge is 2.47. The number of carbonyl (C=O) groups excluding carboxylic acids is 1. The Labute approximate surface area is 142 Å². The monoisotopic (exact) mass is 330 g/mol. The van der Waals surface area contributed by atoms with Crippen LogP contribution < -0.4 is 10.6 Å². The molecule has 0 aromatic heterocycles. The number of hydrogen-bond acceptors (Lipinski definition) is 3. The van der Waals surface area contributed by atoms with Crippen LogP contribution in [0.25, 0.3) is 0 Å². The second-order valence-electron chi connectivity index (χ2n) is 7.42. The van der Waals surface area contributed by atoms with Crippen molar-refractivity contribution in [3.8, 4) is 0 Å². The van der Waals surface area contributed by atoms with Crippen LogP contribution in [0.2, 0.25) is 0 Å². The Balaban J connectivity index is 1.37. The fraction of sp³-hybridized carbons (Fsp3) is 0.632. The summed E-state index contributed by atoms with van der Waals surface area (Å²) in [6.45, 7) is 0.837. The summed E-state index contributed by atoms with van der Waals surface area (Å²) in [6, 6.07) is 10.1. The van der Waals surface area contributed by atoms with Gasteiger partial charge in [0.15, 0.2) is 0 Å². The highest BCUT2D eigenvalue weighted by atomic mass is 16.5. The molecule has 3 N–H and O–H groups in total. The smallest absolute Gasteiger partial charge is 0.315 e. The van der Waals surface area contributed by atoms with Crippen molar-refractivity contribution in [1.82, 2.24) is 10.6 Å². The molecule has 6 atom stereocenters. The highest BCUT2D eigenvalue weighted by Crippen LogP contribution is 2.48. The summed E-state index contributed by atoms with van der Waals surface area (Å²) in [7, 11) is 0. The number of urea groups is 1. The molecule has 2 saturated carbocycles. The predicted molar refractivity (Wildman–Crippen MR) is 90.4 cm³/mol. The van der Waals surface area contributed by atoms with Crippen molar-refractivity contribution < 1.29 is 14.6 Å². The van der Waals surface area contributed by atoms with Gasteiger partial charge < -0.3 is 20.5 Å². The predicted octanol–water partition coefficient (Wildman–Crippen LogP) is 2.22. The molecule has 3 fully saturated rings. The Kier molecular flexibility index (Phi) is 4.46. The van der Waals surface area contributed by atoms with E-state index in [1.807, 2.05) is 30.3 Å². The lowest BCUT2D eigenvalue weighted by Gasteiger charge is -2.31. The molecule has 5 heteroatoms. The van der Waals surface area contributed by atoms with E-state index in [0.29, 0.717) is 18.4 Å². The molecule has 2 bridgehead atoms. The number of benzene rings is 1. The maximum absolute atomic E-state index is 12.5. The van der Waals surface area contributed by atoms with E-state index in [1.165, 1.54) is 12.8 Å². The molecule has 2 amide bonds. The van der Waals surface area contributed by atoms with Gasteiger partial charge in [0.1, 0.15) is 6.10 Å². The zero-order valence-electron chi connectivity index (χ0n) is 13.9. The largest absolute Gasteiger partial charge is 0.396 e. The molecule has 3 aliphatic rings. The zero-order chi connectivity index (χ0) is 16.5. The molecule has 130 valence electrons. The first-order valence-electron chi connectivity index (χ1n) is 9.10. The summed E-state index contributed by atoms with van der Waals surface area (Å²) in [5, 5.41) is 15.9. The standard InChI is InChI=1S/C19H26N2O3/c22-11-15-13-6-7-14(10-13)17(15)21-19(23)20-16-8-9-24-18(16)12-4-2-1-3-5-12/h1-5,13-18,22H,6-11H2,(H2,20,21,23). The van der Waals surface area contributed by atoms with Crippen LogP contribution in [0.5, 0.6) is 0 Å². The maximum Gasteiger partial charge on any atom is 0.315 e. The van der Waals surface area contributed by atoms with Gasteiger partial charge in [-0.25, -0.2) is 4.79 Å². The second-order valence-corrected chi connectivity index (χ2v) is 7.42. The molecule has 4 rings (SSSR count). The number of nitrogens with one attached hydrogen (secondary N) is 2. The Hall–Kier alpha value is -1.59. The van der Waals surface area contributed by atoms with Crippen molar-refractivity contribution in [3.05, 3.63) is 35.9 Å². The van der Waals surface area contributed by atoms with Gasteiger partial charge in [0.2, 0.25) is 0 Å². The Bertz CT molecular complexity index is 579. The molecular weight excluding hydrogens is 304 g/mol. The fourth-order valence-electron chi connectivity index (χ4n) is 4.97. The van der Waals surface area contributed by atoms with Crippen LogP contribution in [0.15, 0.2) is 30.3 Å². The Morgan fingerprint density at radius 3 is 2.71 bits per heavy atom. The van der Waals surface area contributed by atoms with Crippen molar-refractivity contribution >= 4 is 6.03 Å². The summed E-state index contributed by atoms with van der Waals surface area (Å²) in [5.74, 6) is 1.33. The summed E-state index contributed by atoms with van der Waals surface area (Å²) in [6.07, 6.45) is 4.27. The van der Waals surface area contributed by atoms with Crippen LogP contribution in [-0.2, 0) is 4.74 Å². The van der Waals surface area contributed by atoms with Gasteiger partial charge in [-0.05, 0) is 43.1 Å². The van der Waals surface area contributed by atoms with E-state index in [9.17, 15) is 9.90 Å². The molecule has 6 unspecified atom stereocenters. The minimum absolute atomic E-state index is 0.00133. The summed E-state index contributed by atoms with van der Waals surface area (Å²) in [5.41, 5.74) is 1.11. The molecule has 1 saturated heterocycles. The van der Waals surface area contributed by atoms with Crippen molar-refractivity contribution in [2.75, 3.05) is 13.2 Å². The third-order valence-corrected chi connectivity index (χ3v) is 6.13. The van der Waals surface area contributed by atoms with E-state index in [2.05, 4.69) is 10.6 Å². The Morgan fingerprint density at radius 1 is 1.12 bits per heavy atom. The van der Waals surface area contributed by atoms with Crippen LogP contribution in [-0.4, -0.2) is 36.4 Å². The van der Waals surface area contributed by atoms with Crippen molar-refractivity contribution in [3.63, 3.8) is 0 Å².